The minimum absolute atomic E-state index is 0.0899. The fourth-order valence-electron chi connectivity index (χ4n) is 2.68. The number of aliphatic hydroxyl groups excluding tert-OH is 1. The molecule has 3 heteroatoms. The predicted octanol–water partition coefficient (Wildman–Crippen LogP) is 2.96. The fourth-order valence-corrected chi connectivity index (χ4v) is 2.68. The van der Waals surface area contributed by atoms with Gasteiger partial charge in [0.05, 0.1) is 19.8 Å². The standard InChI is InChI=1S/C17H25NO2/c19-12-14-20-13-11-18-17(15-7-3-1-4-8-15)16-9-5-2-6-10-16/h1,3-4,7-8,18-19H,2,5-6,9-14H2. The molecule has 0 radical (unpaired) electrons. The zero-order chi connectivity index (χ0) is 14.0. The maximum absolute atomic E-state index is 8.70. The molecule has 20 heavy (non-hydrogen) atoms. The van der Waals surface area contributed by atoms with Crippen LogP contribution < -0.4 is 5.32 Å². The molecule has 1 saturated carbocycles. The summed E-state index contributed by atoms with van der Waals surface area (Å²) in [4.78, 5) is 0. The predicted molar refractivity (Wildman–Crippen MR) is 82.4 cm³/mol. The summed E-state index contributed by atoms with van der Waals surface area (Å²) < 4.78 is 5.32. The van der Waals surface area contributed by atoms with Crippen molar-refractivity contribution in [1.29, 1.82) is 0 Å². The van der Waals surface area contributed by atoms with Crippen LogP contribution in [-0.2, 0) is 4.74 Å². The van der Waals surface area contributed by atoms with Gasteiger partial charge in [-0.05, 0) is 36.8 Å². The van der Waals surface area contributed by atoms with Gasteiger partial charge in [-0.3, -0.25) is 0 Å². The van der Waals surface area contributed by atoms with Gasteiger partial charge in [-0.1, -0.05) is 36.8 Å². The third kappa shape index (κ3) is 4.66. The largest absolute Gasteiger partial charge is 0.394 e. The lowest BCUT2D eigenvalue weighted by Gasteiger charge is -2.21. The van der Waals surface area contributed by atoms with E-state index >= 15 is 0 Å². The molecule has 0 bridgehead atoms. The van der Waals surface area contributed by atoms with E-state index in [0.29, 0.717) is 13.2 Å². The molecule has 1 aliphatic carbocycles. The van der Waals surface area contributed by atoms with E-state index in [1.807, 2.05) is 0 Å². The molecule has 3 nitrogen and oxygen atoms in total. The first kappa shape index (κ1) is 15.1. The number of benzene rings is 1. The molecule has 0 aromatic heterocycles. The number of rotatable bonds is 7. The molecule has 0 unspecified atom stereocenters. The van der Waals surface area contributed by atoms with Gasteiger partial charge in [0.25, 0.3) is 0 Å². The van der Waals surface area contributed by atoms with Crippen LogP contribution in [0.25, 0.3) is 5.70 Å². The first-order valence-corrected chi connectivity index (χ1v) is 7.61. The Balaban J connectivity index is 2.01. The van der Waals surface area contributed by atoms with Gasteiger partial charge in [-0.2, -0.15) is 0 Å². The molecule has 0 heterocycles. The summed E-state index contributed by atoms with van der Waals surface area (Å²) in [6.07, 6.45) is 6.36. The summed E-state index contributed by atoms with van der Waals surface area (Å²) in [6.45, 7) is 1.92. The van der Waals surface area contributed by atoms with Crippen molar-refractivity contribution in [3.8, 4) is 0 Å². The first-order valence-electron chi connectivity index (χ1n) is 7.61. The molecule has 0 atom stereocenters. The van der Waals surface area contributed by atoms with Gasteiger partial charge in [0.2, 0.25) is 0 Å². The molecule has 2 N–H and O–H groups in total. The van der Waals surface area contributed by atoms with Crippen molar-refractivity contribution >= 4 is 5.70 Å². The number of nitrogens with one attached hydrogen (secondary N) is 1. The third-order valence-electron chi connectivity index (χ3n) is 3.66. The van der Waals surface area contributed by atoms with Crippen molar-refractivity contribution < 1.29 is 9.84 Å². The number of allylic oxidation sites excluding steroid dienone is 1. The summed E-state index contributed by atoms with van der Waals surface area (Å²) in [7, 11) is 0. The van der Waals surface area contributed by atoms with Gasteiger partial charge >= 0.3 is 0 Å². The van der Waals surface area contributed by atoms with E-state index in [9.17, 15) is 0 Å². The lowest BCUT2D eigenvalue weighted by molar-refractivity contribution is 0.0955. The normalized spacial score (nSPS) is 15.2. The minimum Gasteiger partial charge on any atom is -0.394 e. The number of hydrogen-bond donors (Lipinski definition) is 2. The molecule has 1 aromatic rings. The van der Waals surface area contributed by atoms with E-state index < -0.39 is 0 Å². The Labute approximate surface area is 121 Å². The van der Waals surface area contributed by atoms with Crippen LogP contribution in [0, 0.1) is 0 Å². The number of aliphatic hydroxyl groups is 1. The molecule has 110 valence electrons. The summed E-state index contributed by atoms with van der Waals surface area (Å²) in [6, 6.07) is 10.6. The van der Waals surface area contributed by atoms with Crippen molar-refractivity contribution in [3.05, 3.63) is 41.5 Å². The van der Waals surface area contributed by atoms with Crippen molar-refractivity contribution in [3.63, 3.8) is 0 Å². The monoisotopic (exact) mass is 275 g/mol. The Hall–Kier alpha value is -1.32. The van der Waals surface area contributed by atoms with E-state index in [2.05, 4.69) is 35.6 Å². The van der Waals surface area contributed by atoms with Gasteiger partial charge < -0.3 is 15.2 Å². The van der Waals surface area contributed by atoms with E-state index in [4.69, 9.17) is 9.84 Å². The second-order valence-electron chi connectivity index (χ2n) is 5.17. The number of hydrogen-bond acceptors (Lipinski definition) is 3. The quantitative estimate of drug-likeness (QED) is 0.752. The van der Waals surface area contributed by atoms with Crippen LogP contribution in [0.5, 0.6) is 0 Å². The third-order valence-corrected chi connectivity index (χ3v) is 3.66. The van der Waals surface area contributed by atoms with Crippen LogP contribution in [0.15, 0.2) is 35.9 Å². The Morgan fingerprint density at radius 3 is 2.50 bits per heavy atom. The van der Waals surface area contributed by atoms with E-state index in [1.165, 1.54) is 43.4 Å². The molecule has 1 fully saturated rings. The molecule has 0 aliphatic heterocycles. The van der Waals surface area contributed by atoms with E-state index in [1.54, 1.807) is 5.57 Å². The van der Waals surface area contributed by atoms with Crippen molar-refractivity contribution in [2.45, 2.75) is 32.1 Å². The summed E-state index contributed by atoms with van der Waals surface area (Å²) >= 11 is 0. The maximum Gasteiger partial charge on any atom is 0.0698 e. The lowest BCUT2D eigenvalue weighted by Crippen LogP contribution is -2.21. The van der Waals surface area contributed by atoms with Crippen LogP contribution in [0.1, 0.15) is 37.7 Å². The van der Waals surface area contributed by atoms with Crippen molar-refractivity contribution in [2.24, 2.45) is 0 Å². The first-order chi connectivity index (χ1) is 9.92. The smallest absolute Gasteiger partial charge is 0.0698 e. The van der Waals surface area contributed by atoms with Crippen LogP contribution >= 0.6 is 0 Å². The average molecular weight is 275 g/mol. The highest BCUT2D eigenvalue weighted by Gasteiger charge is 2.12. The summed E-state index contributed by atoms with van der Waals surface area (Å²) in [5, 5.41) is 12.2. The van der Waals surface area contributed by atoms with Crippen LogP contribution in [0.2, 0.25) is 0 Å². The van der Waals surface area contributed by atoms with Crippen molar-refractivity contribution in [1.82, 2.24) is 5.32 Å². The van der Waals surface area contributed by atoms with Crippen LogP contribution in [0.4, 0.5) is 0 Å². The highest BCUT2D eigenvalue weighted by molar-refractivity contribution is 5.67. The highest BCUT2D eigenvalue weighted by Crippen LogP contribution is 2.29. The molecule has 0 spiro atoms. The van der Waals surface area contributed by atoms with Gasteiger partial charge in [0.15, 0.2) is 0 Å². The Morgan fingerprint density at radius 2 is 1.80 bits per heavy atom. The van der Waals surface area contributed by atoms with Crippen molar-refractivity contribution in [2.75, 3.05) is 26.4 Å². The Morgan fingerprint density at radius 1 is 1.05 bits per heavy atom. The second kappa shape index (κ2) is 8.77. The molecule has 0 amide bonds. The highest BCUT2D eigenvalue weighted by atomic mass is 16.5. The Kier molecular flexibility index (Phi) is 6.61. The zero-order valence-corrected chi connectivity index (χ0v) is 12.1. The lowest BCUT2D eigenvalue weighted by atomic mass is 9.91. The molecular weight excluding hydrogens is 250 g/mol. The van der Waals surface area contributed by atoms with E-state index in [0.717, 1.165) is 6.54 Å². The summed E-state index contributed by atoms with van der Waals surface area (Å²) in [5.74, 6) is 0. The average Bonchev–Trinajstić information content (AvgIpc) is 2.53. The van der Waals surface area contributed by atoms with Gasteiger partial charge in [-0.25, -0.2) is 0 Å². The van der Waals surface area contributed by atoms with Gasteiger partial charge in [-0.15, -0.1) is 0 Å². The van der Waals surface area contributed by atoms with Gasteiger partial charge in [0, 0.05) is 12.2 Å². The molecule has 1 aromatic carbocycles. The molecule has 0 saturated heterocycles. The molecular formula is C17H25NO2. The fraction of sp³-hybridized carbons (Fsp3) is 0.529. The second-order valence-corrected chi connectivity index (χ2v) is 5.17. The number of ether oxygens (including phenoxy) is 1. The van der Waals surface area contributed by atoms with Crippen LogP contribution in [-0.4, -0.2) is 31.5 Å². The zero-order valence-electron chi connectivity index (χ0n) is 12.1. The van der Waals surface area contributed by atoms with Crippen LogP contribution in [0.3, 0.4) is 0 Å². The topological polar surface area (TPSA) is 41.5 Å². The minimum atomic E-state index is 0.0899. The Bertz CT molecular complexity index is 406. The molecule has 2 rings (SSSR count). The SMILES string of the molecule is OCCOCCNC(=C1CCCCC1)c1ccccc1. The maximum atomic E-state index is 8.70. The van der Waals surface area contributed by atoms with E-state index in [-0.39, 0.29) is 6.61 Å². The summed E-state index contributed by atoms with van der Waals surface area (Å²) in [5.41, 5.74) is 4.11. The van der Waals surface area contributed by atoms with Gasteiger partial charge in [0.1, 0.15) is 0 Å². The molecule has 1 aliphatic rings.